The van der Waals surface area contributed by atoms with Gasteiger partial charge in [0, 0.05) is 24.5 Å². The molecule has 82 valence electrons. The summed E-state index contributed by atoms with van der Waals surface area (Å²) in [7, 11) is 0. The van der Waals surface area contributed by atoms with Gasteiger partial charge < -0.3 is 10.6 Å². The molecule has 0 saturated carbocycles. The van der Waals surface area contributed by atoms with Crippen molar-refractivity contribution in [3.63, 3.8) is 0 Å². The summed E-state index contributed by atoms with van der Waals surface area (Å²) in [5.41, 5.74) is 10.9. The van der Waals surface area contributed by atoms with Gasteiger partial charge in [0.1, 0.15) is 0 Å². The number of nitrogens with zero attached hydrogens (tertiary/aromatic N) is 1. The molecule has 1 aliphatic rings. The lowest BCUT2D eigenvalue weighted by atomic mass is 10.1. The van der Waals surface area contributed by atoms with E-state index in [4.69, 9.17) is 5.73 Å². The van der Waals surface area contributed by atoms with Crippen LogP contribution in [0.1, 0.15) is 25.0 Å². The summed E-state index contributed by atoms with van der Waals surface area (Å²) in [6.45, 7) is 8.89. The highest BCUT2D eigenvalue weighted by atomic mass is 15.1. The Morgan fingerprint density at radius 2 is 2.13 bits per heavy atom. The minimum atomic E-state index is 0.707. The lowest BCUT2D eigenvalue weighted by Gasteiger charge is -2.22. The summed E-state index contributed by atoms with van der Waals surface area (Å²) in [4.78, 5) is 2.45. The zero-order valence-electron chi connectivity index (χ0n) is 9.88. The molecule has 2 N–H and O–H groups in total. The molecule has 2 rings (SSSR count). The van der Waals surface area contributed by atoms with E-state index in [2.05, 4.69) is 37.8 Å². The second-order valence-corrected chi connectivity index (χ2v) is 4.93. The zero-order valence-corrected chi connectivity index (χ0v) is 9.88. The summed E-state index contributed by atoms with van der Waals surface area (Å²) in [5, 5.41) is 0. The van der Waals surface area contributed by atoms with Crippen molar-refractivity contribution in [2.75, 3.05) is 23.7 Å². The summed E-state index contributed by atoms with van der Waals surface area (Å²) in [6, 6.07) is 4.38. The fourth-order valence-corrected chi connectivity index (χ4v) is 2.27. The lowest BCUT2D eigenvalue weighted by Crippen LogP contribution is -2.25. The minimum absolute atomic E-state index is 0.707. The Morgan fingerprint density at radius 3 is 2.80 bits per heavy atom. The van der Waals surface area contributed by atoms with Crippen molar-refractivity contribution in [3.8, 4) is 0 Å². The third-order valence-electron chi connectivity index (χ3n) is 3.04. The molecular formula is C13H20N2. The van der Waals surface area contributed by atoms with Crippen LogP contribution in [0.5, 0.6) is 0 Å². The van der Waals surface area contributed by atoms with Crippen molar-refractivity contribution < 1.29 is 0 Å². The Bertz CT molecular complexity index is 369. The Balaban J connectivity index is 2.30. The number of benzene rings is 1. The maximum atomic E-state index is 5.96. The number of rotatable bonds is 2. The van der Waals surface area contributed by atoms with E-state index in [0.29, 0.717) is 5.92 Å². The Hall–Kier alpha value is -1.18. The van der Waals surface area contributed by atoms with Crippen LogP contribution in [0.3, 0.4) is 0 Å². The molecule has 0 unspecified atom stereocenters. The van der Waals surface area contributed by atoms with Gasteiger partial charge in [0.05, 0.1) is 0 Å². The summed E-state index contributed by atoms with van der Waals surface area (Å²) in [5.74, 6) is 0.707. The molecule has 0 aromatic heterocycles. The first-order chi connectivity index (χ1) is 7.08. The standard InChI is InChI=1S/C13H20N2/c1-9(2)8-15-5-4-11-6-10(3)12(14)7-13(11)15/h6-7,9H,4-5,8,14H2,1-3H3. The van der Waals surface area contributed by atoms with Crippen LogP contribution in [0.25, 0.3) is 0 Å². The third-order valence-corrected chi connectivity index (χ3v) is 3.04. The van der Waals surface area contributed by atoms with Crippen LogP contribution in [0.2, 0.25) is 0 Å². The lowest BCUT2D eigenvalue weighted by molar-refractivity contribution is 0.622. The normalized spacial score (nSPS) is 14.8. The molecule has 1 aromatic carbocycles. The minimum Gasteiger partial charge on any atom is -0.398 e. The number of fused-ring (bicyclic) bond motifs is 1. The predicted molar refractivity (Wildman–Crippen MR) is 66.3 cm³/mol. The van der Waals surface area contributed by atoms with Gasteiger partial charge >= 0.3 is 0 Å². The highest BCUT2D eigenvalue weighted by Crippen LogP contribution is 2.32. The monoisotopic (exact) mass is 204 g/mol. The van der Waals surface area contributed by atoms with E-state index >= 15 is 0 Å². The van der Waals surface area contributed by atoms with Gasteiger partial charge in [-0.15, -0.1) is 0 Å². The molecule has 1 aromatic rings. The molecule has 0 bridgehead atoms. The molecule has 0 radical (unpaired) electrons. The van der Waals surface area contributed by atoms with Crippen molar-refractivity contribution in [2.45, 2.75) is 27.2 Å². The van der Waals surface area contributed by atoms with Crippen LogP contribution in [-0.2, 0) is 6.42 Å². The topological polar surface area (TPSA) is 29.3 Å². The second-order valence-electron chi connectivity index (χ2n) is 4.93. The van der Waals surface area contributed by atoms with Crippen molar-refractivity contribution in [2.24, 2.45) is 5.92 Å². The highest BCUT2D eigenvalue weighted by Gasteiger charge is 2.20. The first kappa shape index (κ1) is 10.3. The number of hydrogen-bond donors (Lipinski definition) is 1. The van der Waals surface area contributed by atoms with Gasteiger partial charge in [0.25, 0.3) is 0 Å². The number of hydrogen-bond acceptors (Lipinski definition) is 2. The molecule has 0 amide bonds. The molecule has 0 saturated heterocycles. The molecule has 15 heavy (non-hydrogen) atoms. The van der Waals surface area contributed by atoms with E-state index in [1.165, 1.54) is 23.2 Å². The van der Waals surface area contributed by atoms with Gasteiger partial charge in [-0.3, -0.25) is 0 Å². The van der Waals surface area contributed by atoms with E-state index in [0.717, 1.165) is 18.8 Å². The van der Waals surface area contributed by atoms with Crippen LogP contribution in [0.15, 0.2) is 12.1 Å². The Labute approximate surface area is 92.1 Å². The third kappa shape index (κ3) is 1.94. The van der Waals surface area contributed by atoms with Gasteiger partial charge in [-0.05, 0) is 36.5 Å². The second kappa shape index (κ2) is 3.76. The molecule has 1 aliphatic heterocycles. The fourth-order valence-electron chi connectivity index (χ4n) is 2.27. The number of nitrogen functional groups attached to an aromatic ring is 1. The van der Waals surface area contributed by atoms with Crippen LogP contribution in [0, 0.1) is 12.8 Å². The van der Waals surface area contributed by atoms with Gasteiger partial charge in [0.2, 0.25) is 0 Å². The average molecular weight is 204 g/mol. The van der Waals surface area contributed by atoms with Crippen molar-refractivity contribution in [3.05, 3.63) is 23.3 Å². The molecule has 0 fully saturated rings. The van der Waals surface area contributed by atoms with Gasteiger partial charge in [-0.2, -0.15) is 0 Å². The van der Waals surface area contributed by atoms with Crippen molar-refractivity contribution >= 4 is 11.4 Å². The van der Waals surface area contributed by atoms with Crippen LogP contribution in [-0.4, -0.2) is 13.1 Å². The maximum Gasteiger partial charge on any atom is 0.0420 e. The van der Waals surface area contributed by atoms with E-state index in [9.17, 15) is 0 Å². The summed E-state index contributed by atoms with van der Waals surface area (Å²) in [6.07, 6.45) is 1.17. The van der Waals surface area contributed by atoms with Gasteiger partial charge in [-0.25, -0.2) is 0 Å². The maximum absolute atomic E-state index is 5.96. The first-order valence-electron chi connectivity index (χ1n) is 5.72. The number of nitrogens with two attached hydrogens (primary N) is 1. The van der Waals surface area contributed by atoms with E-state index in [1.54, 1.807) is 0 Å². The Morgan fingerprint density at radius 1 is 1.40 bits per heavy atom. The molecule has 2 heteroatoms. The number of anilines is 2. The smallest absolute Gasteiger partial charge is 0.0420 e. The molecular weight excluding hydrogens is 184 g/mol. The zero-order chi connectivity index (χ0) is 11.0. The molecule has 0 atom stereocenters. The van der Waals surface area contributed by atoms with Crippen LogP contribution >= 0.6 is 0 Å². The highest BCUT2D eigenvalue weighted by molar-refractivity contribution is 5.67. The summed E-state index contributed by atoms with van der Waals surface area (Å²) < 4.78 is 0. The quantitative estimate of drug-likeness (QED) is 0.750. The van der Waals surface area contributed by atoms with Gasteiger partial charge in [0.15, 0.2) is 0 Å². The van der Waals surface area contributed by atoms with Crippen LogP contribution < -0.4 is 10.6 Å². The largest absolute Gasteiger partial charge is 0.398 e. The summed E-state index contributed by atoms with van der Waals surface area (Å²) >= 11 is 0. The molecule has 2 nitrogen and oxygen atoms in total. The number of aryl methyl sites for hydroxylation is 1. The molecule has 1 heterocycles. The van der Waals surface area contributed by atoms with Crippen molar-refractivity contribution in [1.29, 1.82) is 0 Å². The van der Waals surface area contributed by atoms with E-state index in [-0.39, 0.29) is 0 Å². The van der Waals surface area contributed by atoms with Crippen LogP contribution in [0.4, 0.5) is 11.4 Å². The Kier molecular flexibility index (Phi) is 2.59. The molecule has 0 spiro atoms. The molecule has 0 aliphatic carbocycles. The van der Waals surface area contributed by atoms with Crippen molar-refractivity contribution in [1.82, 2.24) is 0 Å². The van der Waals surface area contributed by atoms with E-state index < -0.39 is 0 Å². The predicted octanol–water partition coefficient (Wildman–Crippen LogP) is 2.60. The van der Waals surface area contributed by atoms with Gasteiger partial charge in [-0.1, -0.05) is 19.9 Å². The average Bonchev–Trinajstić information content (AvgIpc) is 2.49. The fraction of sp³-hybridized carbons (Fsp3) is 0.538. The SMILES string of the molecule is Cc1cc2c(cc1N)N(CC(C)C)CC2. The van der Waals surface area contributed by atoms with E-state index in [1.807, 2.05) is 0 Å². The first-order valence-corrected chi connectivity index (χ1v) is 5.72.